The molecule has 6 nitrogen and oxygen atoms in total. The molecule has 2 aromatic carbocycles. The zero-order chi connectivity index (χ0) is 21.7. The highest BCUT2D eigenvalue weighted by Gasteiger charge is 2.37. The third-order valence-electron chi connectivity index (χ3n) is 5.48. The van der Waals surface area contributed by atoms with Gasteiger partial charge in [-0.3, -0.25) is 4.79 Å². The van der Waals surface area contributed by atoms with Crippen LogP contribution < -0.4 is 19.9 Å². The van der Waals surface area contributed by atoms with Crippen molar-refractivity contribution in [2.24, 2.45) is 17.6 Å². The van der Waals surface area contributed by atoms with E-state index in [0.717, 1.165) is 28.9 Å². The van der Waals surface area contributed by atoms with Crippen LogP contribution in [0.3, 0.4) is 0 Å². The lowest BCUT2D eigenvalue weighted by molar-refractivity contribution is -0.141. The molecule has 160 valence electrons. The van der Waals surface area contributed by atoms with Crippen LogP contribution in [0, 0.1) is 11.8 Å². The zero-order valence-electron chi connectivity index (χ0n) is 17.8. The second-order valence-corrected chi connectivity index (χ2v) is 7.58. The third-order valence-corrected chi connectivity index (χ3v) is 5.48. The van der Waals surface area contributed by atoms with Crippen molar-refractivity contribution in [3.63, 3.8) is 0 Å². The van der Waals surface area contributed by atoms with Crippen molar-refractivity contribution in [3.05, 3.63) is 65.4 Å². The van der Waals surface area contributed by atoms with Crippen LogP contribution in [0.4, 0.5) is 0 Å². The van der Waals surface area contributed by atoms with Gasteiger partial charge in [0.1, 0.15) is 5.75 Å². The Morgan fingerprint density at radius 1 is 1.00 bits per heavy atom. The number of allylic oxidation sites excluding steroid dienone is 1. The molecule has 0 amide bonds. The molecule has 1 aliphatic heterocycles. The van der Waals surface area contributed by atoms with Crippen LogP contribution >= 0.6 is 0 Å². The summed E-state index contributed by atoms with van der Waals surface area (Å²) in [5.41, 5.74) is 9.40. The first-order valence-corrected chi connectivity index (χ1v) is 9.91. The van der Waals surface area contributed by atoms with Crippen molar-refractivity contribution >= 4 is 5.97 Å². The molecule has 2 N–H and O–H groups in total. The molecule has 6 heteroatoms. The normalized spacial score (nSPS) is 18.0. The van der Waals surface area contributed by atoms with E-state index >= 15 is 0 Å². The zero-order valence-corrected chi connectivity index (χ0v) is 17.8. The number of carbonyl (C=O) groups excluding carboxylic acids is 1. The Hall–Kier alpha value is -3.15. The molecule has 0 aliphatic carbocycles. The van der Waals surface area contributed by atoms with E-state index in [2.05, 4.69) is 6.58 Å². The van der Waals surface area contributed by atoms with Crippen molar-refractivity contribution in [1.29, 1.82) is 0 Å². The molecule has 2 atom stereocenters. The number of ether oxygens (including phenoxy) is 4. The number of esters is 1. The summed E-state index contributed by atoms with van der Waals surface area (Å²) >= 11 is 0. The van der Waals surface area contributed by atoms with Crippen molar-refractivity contribution in [2.75, 3.05) is 27.9 Å². The molecule has 2 aromatic rings. The summed E-state index contributed by atoms with van der Waals surface area (Å²) in [6.45, 7) is 4.18. The van der Waals surface area contributed by atoms with E-state index in [1.807, 2.05) is 36.4 Å². The van der Waals surface area contributed by atoms with Gasteiger partial charge in [0.15, 0.2) is 11.5 Å². The Morgan fingerprint density at radius 3 is 2.30 bits per heavy atom. The summed E-state index contributed by atoms with van der Waals surface area (Å²) < 4.78 is 21.6. The molecular formula is C24H29NO5. The highest BCUT2D eigenvalue weighted by molar-refractivity contribution is 5.75. The molecule has 0 radical (unpaired) electrons. The molecule has 1 heterocycles. The first-order valence-electron chi connectivity index (χ1n) is 9.91. The Balaban J connectivity index is 1.76. The Bertz CT molecular complexity index is 924. The summed E-state index contributed by atoms with van der Waals surface area (Å²) in [5, 5.41) is 0. The molecule has 0 spiro atoms. The Kier molecular flexibility index (Phi) is 6.87. The van der Waals surface area contributed by atoms with Gasteiger partial charge in [0.2, 0.25) is 0 Å². The Morgan fingerprint density at radius 2 is 1.63 bits per heavy atom. The molecule has 1 saturated heterocycles. The van der Waals surface area contributed by atoms with Gasteiger partial charge in [-0.05, 0) is 47.7 Å². The topological polar surface area (TPSA) is 80.0 Å². The fraction of sp³-hybridized carbons (Fsp3) is 0.375. The van der Waals surface area contributed by atoms with Gasteiger partial charge in [-0.15, -0.1) is 0 Å². The van der Waals surface area contributed by atoms with E-state index in [9.17, 15) is 4.79 Å². The monoisotopic (exact) mass is 411 g/mol. The highest BCUT2D eigenvalue weighted by Crippen LogP contribution is 2.33. The molecule has 0 bridgehead atoms. The predicted octanol–water partition coefficient (Wildman–Crippen LogP) is 3.30. The number of hydrogen-bond donors (Lipinski definition) is 1. The number of carbonyl (C=O) groups is 1. The molecule has 0 unspecified atom stereocenters. The fourth-order valence-corrected chi connectivity index (χ4v) is 3.93. The number of hydrogen-bond acceptors (Lipinski definition) is 6. The molecule has 1 aliphatic rings. The lowest BCUT2D eigenvalue weighted by Crippen LogP contribution is -2.20. The van der Waals surface area contributed by atoms with Gasteiger partial charge in [0, 0.05) is 18.0 Å². The number of nitrogens with two attached hydrogens (primary N) is 1. The van der Waals surface area contributed by atoms with Gasteiger partial charge in [-0.25, -0.2) is 0 Å². The SMILES string of the molecule is C=C(N)Cc1ccc(C[C@H]2C(=O)OC[C@@H]2Cc2ccc(OC)c(OC)c2)cc1OC. The molecular weight excluding hydrogens is 382 g/mol. The van der Waals surface area contributed by atoms with Gasteiger partial charge < -0.3 is 24.7 Å². The number of benzene rings is 2. The van der Waals surface area contributed by atoms with Crippen LogP contribution in [0.2, 0.25) is 0 Å². The third kappa shape index (κ3) is 4.87. The molecule has 30 heavy (non-hydrogen) atoms. The van der Waals surface area contributed by atoms with Gasteiger partial charge in [0.05, 0.1) is 33.9 Å². The van der Waals surface area contributed by atoms with Gasteiger partial charge in [0.25, 0.3) is 0 Å². The molecule has 0 saturated carbocycles. The average Bonchev–Trinajstić information content (AvgIpc) is 3.07. The molecule has 3 rings (SSSR count). The van der Waals surface area contributed by atoms with Crippen LogP contribution in [0.25, 0.3) is 0 Å². The van der Waals surface area contributed by atoms with Crippen LogP contribution in [-0.4, -0.2) is 33.9 Å². The van der Waals surface area contributed by atoms with Crippen LogP contribution in [-0.2, 0) is 28.8 Å². The number of cyclic esters (lactones) is 1. The van der Waals surface area contributed by atoms with Crippen molar-refractivity contribution < 1.29 is 23.7 Å². The summed E-state index contributed by atoms with van der Waals surface area (Å²) in [5.74, 6) is 1.84. The fourth-order valence-electron chi connectivity index (χ4n) is 3.93. The molecule has 0 aromatic heterocycles. The quantitative estimate of drug-likeness (QED) is 0.638. The minimum Gasteiger partial charge on any atom is -0.496 e. The first kappa shape index (κ1) is 21.6. The number of rotatable bonds is 9. The van der Waals surface area contributed by atoms with Crippen LogP contribution in [0.15, 0.2) is 48.7 Å². The first-order chi connectivity index (χ1) is 14.4. The maximum Gasteiger partial charge on any atom is 0.309 e. The molecule has 1 fully saturated rings. The lowest BCUT2D eigenvalue weighted by atomic mass is 9.84. The smallest absolute Gasteiger partial charge is 0.309 e. The van der Waals surface area contributed by atoms with Crippen LogP contribution in [0.5, 0.6) is 17.2 Å². The van der Waals surface area contributed by atoms with Crippen molar-refractivity contribution in [3.8, 4) is 17.2 Å². The van der Waals surface area contributed by atoms with Crippen LogP contribution in [0.1, 0.15) is 16.7 Å². The summed E-state index contributed by atoms with van der Waals surface area (Å²) in [4.78, 5) is 12.4. The van der Waals surface area contributed by atoms with E-state index in [4.69, 9.17) is 24.7 Å². The maximum absolute atomic E-state index is 12.4. The predicted molar refractivity (Wildman–Crippen MR) is 115 cm³/mol. The van der Waals surface area contributed by atoms with E-state index < -0.39 is 0 Å². The second kappa shape index (κ2) is 9.57. The summed E-state index contributed by atoms with van der Waals surface area (Å²) in [6, 6.07) is 11.8. The van der Waals surface area contributed by atoms with Gasteiger partial charge in [-0.2, -0.15) is 0 Å². The van der Waals surface area contributed by atoms with Crippen molar-refractivity contribution in [1.82, 2.24) is 0 Å². The van der Waals surface area contributed by atoms with Gasteiger partial charge in [-0.1, -0.05) is 24.8 Å². The minimum absolute atomic E-state index is 0.0880. The highest BCUT2D eigenvalue weighted by atomic mass is 16.5. The van der Waals surface area contributed by atoms with E-state index in [1.54, 1.807) is 21.3 Å². The van der Waals surface area contributed by atoms with Gasteiger partial charge >= 0.3 is 5.97 Å². The number of methoxy groups -OCH3 is 3. The lowest BCUT2D eigenvalue weighted by Gasteiger charge is -2.17. The van der Waals surface area contributed by atoms with E-state index in [1.165, 1.54) is 0 Å². The Labute approximate surface area is 177 Å². The second-order valence-electron chi connectivity index (χ2n) is 7.58. The van der Waals surface area contributed by atoms with Crippen molar-refractivity contribution in [2.45, 2.75) is 19.3 Å². The summed E-state index contributed by atoms with van der Waals surface area (Å²) in [6.07, 6.45) is 1.87. The van der Waals surface area contributed by atoms with E-state index in [0.29, 0.717) is 36.6 Å². The maximum atomic E-state index is 12.4. The standard InChI is InChI=1S/C24H29NO5/c1-15(25)9-18-7-5-17(12-22(18)28-3)11-20-19(14-30-24(20)26)10-16-6-8-21(27-2)23(13-16)29-4/h5-8,12-13,19-20H,1,9-11,14,25H2,2-4H3/t19-,20+/m0/s1. The minimum atomic E-state index is -0.210. The average molecular weight is 411 g/mol. The summed E-state index contributed by atoms with van der Waals surface area (Å²) in [7, 11) is 4.86. The van der Waals surface area contributed by atoms with E-state index in [-0.39, 0.29) is 17.8 Å². The largest absolute Gasteiger partial charge is 0.496 e.